The Bertz CT molecular complexity index is 465. The van der Waals surface area contributed by atoms with Crippen LogP contribution in [0.25, 0.3) is 0 Å². The van der Waals surface area contributed by atoms with Gasteiger partial charge < -0.3 is 10.1 Å². The highest BCUT2D eigenvalue weighted by Gasteiger charge is 2.29. The molecule has 1 fully saturated rings. The van der Waals surface area contributed by atoms with Crippen LogP contribution in [0.3, 0.4) is 0 Å². The summed E-state index contributed by atoms with van der Waals surface area (Å²) in [5.74, 6) is -0.316. The molecule has 0 amide bonds. The first kappa shape index (κ1) is 15.8. The van der Waals surface area contributed by atoms with Gasteiger partial charge in [0, 0.05) is 12.5 Å². The van der Waals surface area contributed by atoms with E-state index in [1.165, 1.54) is 12.1 Å². The quantitative estimate of drug-likeness (QED) is 0.848. The van der Waals surface area contributed by atoms with Gasteiger partial charge in [0.25, 0.3) is 0 Å². The van der Waals surface area contributed by atoms with E-state index in [0.717, 1.165) is 37.9 Å². The van der Waals surface area contributed by atoms with Gasteiger partial charge in [0.2, 0.25) is 0 Å². The van der Waals surface area contributed by atoms with Gasteiger partial charge in [-0.1, -0.05) is 12.1 Å². The number of hydrogen-bond donors (Lipinski definition) is 1. The molecule has 1 aliphatic rings. The molecule has 1 aliphatic heterocycles. The number of carbonyl (C=O) groups excluding carboxylic acids is 1. The second-order valence-corrected chi connectivity index (χ2v) is 5.19. The first-order valence-electron chi connectivity index (χ1n) is 7.00. The van der Waals surface area contributed by atoms with Crippen molar-refractivity contribution in [1.29, 1.82) is 0 Å². The van der Waals surface area contributed by atoms with Crippen molar-refractivity contribution in [2.24, 2.45) is 0 Å². The summed E-state index contributed by atoms with van der Waals surface area (Å²) < 4.78 is 42.2. The van der Waals surface area contributed by atoms with Gasteiger partial charge in [-0.2, -0.15) is 13.2 Å². The minimum atomic E-state index is -4.34. The van der Waals surface area contributed by atoms with Crippen LogP contribution in [-0.4, -0.2) is 18.6 Å². The largest absolute Gasteiger partial charge is 0.461 e. The minimum Gasteiger partial charge on any atom is -0.461 e. The second kappa shape index (κ2) is 6.93. The zero-order valence-electron chi connectivity index (χ0n) is 11.6. The van der Waals surface area contributed by atoms with Gasteiger partial charge in [-0.05, 0) is 43.5 Å². The average molecular weight is 301 g/mol. The number of esters is 1. The van der Waals surface area contributed by atoms with Crippen LogP contribution >= 0.6 is 0 Å². The van der Waals surface area contributed by atoms with Crippen molar-refractivity contribution < 1.29 is 22.7 Å². The lowest BCUT2D eigenvalue weighted by atomic mass is 10.1. The number of nitrogens with one attached hydrogen (secondary N) is 1. The Morgan fingerprint density at radius 2 is 2.00 bits per heavy atom. The molecule has 21 heavy (non-hydrogen) atoms. The van der Waals surface area contributed by atoms with E-state index in [0.29, 0.717) is 18.0 Å². The van der Waals surface area contributed by atoms with Crippen molar-refractivity contribution in [2.45, 2.75) is 44.5 Å². The van der Waals surface area contributed by atoms with E-state index in [-0.39, 0.29) is 12.6 Å². The molecule has 3 nitrogen and oxygen atoms in total. The number of benzene rings is 1. The van der Waals surface area contributed by atoms with Crippen LogP contribution in [0.2, 0.25) is 0 Å². The third kappa shape index (κ3) is 5.04. The SMILES string of the molecule is O=C(CCC1CCCN1)OCc1ccc(C(F)(F)F)cc1. The lowest BCUT2D eigenvalue weighted by Gasteiger charge is -2.10. The Balaban J connectivity index is 1.73. The molecule has 0 aromatic heterocycles. The first-order valence-corrected chi connectivity index (χ1v) is 7.00. The zero-order valence-corrected chi connectivity index (χ0v) is 11.6. The average Bonchev–Trinajstić information content (AvgIpc) is 2.95. The van der Waals surface area contributed by atoms with Gasteiger partial charge in [0.05, 0.1) is 5.56 Å². The van der Waals surface area contributed by atoms with Crippen molar-refractivity contribution >= 4 is 5.97 Å². The van der Waals surface area contributed by atoms with E-state index < -0.39 is 11.7 Å². The minimum absolute atomic E-state index is 0.00899. The molecule has 6 heteroatoms. The Hall–Kier alpha value is -1.56. The van der Waals surface area contributed by atoms with E-state index in [2.05, 4.69) is 5.32 Å². The van der Waals surface area contributed by atoms with E-state index in [1.54, 1.807) is 0 Å². The molecule has 0 radical (unpaired) electrons. The fourth-order valence-corrected chi connectivity index (χ4v) is 2.32. The molecular formula is C15H18F3NO2. The molecule has 2 rings (SSSR count). The molecule has 1 unspecified atom stereocenters. The van der Waals surface area contributed by atoms with Gasteiger partial charge in [0.1, 0.15) is 6.61 Å². The standard InChI is InChI=1S/C15H18F3NO2/c16-15(17,18)12-5-3-11(4-6-12)10-21-14(20)8-7-13-2-1-9-19-13/h3-6,13,19H,1-2,7-10H2. The van der Waals surface area contributed by atoms with Gasteiger partial charge in [-0.15, -0.1) is 0 Å². The third-order valence-corrected chi connectivity index (χ3v) is 3.54. The van der Waals surface area contributed by atoms with Crippen LogP contribution < -0.4 is 5.32 Å². The Labute approximate surface area is 121 Å². The van der Waals surface area contributed by atoms with Crippen LogP contribution in [-0.2, 0) is 22.3 Å². The molecule has 1 saturated heterocycles. The number of alkyl halides is 3. The Morgan fingerprint density at radius 3 is 2.57 bits per heavy atom. The summed E-state index contributed by atoms with van der Waals surface area (Å²) in [6, 6.07) is 5.02. The van der Waals surface area contributed by atoms with Crippen LogP contribution in [0, 0.1) is 0 Å². The zero-order chi connectivity index (χ0) is 15.3. The first-order chi connectivity index (χ1) is 9.95. The van der Waals surface area contributed by atoms with E-state index in [1.807, 2.05) is 0 Å². The lowest BCUT2D eigenvalue weighted by molar-refractivity contribution is -0.145. The monoisotopic (exact) mass is 301 g/mol. The molecular weight excluding hydrogens is 283 g/mol. The van der Waals surface area contributed by atoms with Crippen molar-refractivity contribution in [1.82, 2.24) is 5.32 Å². The highest BCUT2D eigenvalue weighted by Crippen LogP contribution is 2.29. The number of hydrogen-bond acceptors (Lipinski definition) is 3. The predicted octanol–water partition coefficient (Wildman–Crippen LogP) is 3.28. The predicted molar refractivity (Wildman–Crippen MR) is 71.5 cm³/mol. The fourth-order valence-electron chi connectivity index (χ4n) is 2.32. The van der Waals surface area contributed by atoms with Crippen molar-refractivity contribution in [2.75, 3.05) is 6.54 Å². The summed E-state index contributed by atoms with van der Waals surface area (Å²) in [5, 5.41) is 3.29. The fraction of sp³-hybridized carbons (Fsp3) is 0.533. The molecule has 1 atom stereocenters. The molecule has 0 saturated carbocycles. The highest BCUT2D eigenvalue weighted by molar-refractivity contribution is 5.69. The van der Waals surface area contributed by atoms with Crippen LogP contribution in [0.1, 0.15) is 36.8 Å². The van der Waals surface area contributed by atoms with Gasteiger partial charge in [-0.25, -0.2) is 0 Å². The molecule has 1 N–H and O–H groups in total. The molecule has 116 valence electrons. The number of rotatable bonds is 5. The van der Waals surface area contributed by atoms with Gasteiger partial charge in [0.15, 0.2) is 0 Å². The van der Waals surface area contributed by atoms with E-state index in [9.17, 15) is 18.0 Å². The van der Waals surface area contributed by atoms with Crippen molar-refractivity contribution in [3.8, 4) is 0 Å². The smallest absolute Gasteiger partial charge is 0.416 e. The van der Waals surface area contributed by atoms with Crippen LogP contribution in [0.15, 0.2) is 24.3 Å². The molecule has 0 bridgehead atoms. The topological polar surface area (TPSA) is 38.3 Å². The summed E-state index contributed by atoms with van der Waals surface area (Å²) in [6.07, 6.45) is -1.06. The normalized spacial score (nSPS) is 18.7. The number of carbonyl (C=O) groups is 1. The molecule has 1 heterocycles. The van der Waals surface area contributed by atoms with Crippen molar-refractivity contribution in [3.05, 3.63) is 35.4 Å². The Morgan fingerprint density at radius 1 is 1.29 bits per heavy atom. The third-order valence-electron chi connectivity index (χ3n) is 3.54. The van der Waals surface area contributed by atoms with Crippen LogP contribution in [0.4, 0.5) is 13.2 Å². The maximum Gasteiger partial charge on any atom is 0.416 e. The maximum absolute atomic E-state index is 12.4. The summed E-state index contributed by atoms with van der Waals surface area (Å²) in [6.45, 7) is 1.00. The second-order valence-electron chi connectivity index (χ2n) is 5.19. The van der Waals surface area contributed by atoms with E-state index in [4.69, 9.17) is 4.74 Å². The number of ether oxygens (including phenoxy) is 1. The highest BCUT2D eigenvalue weighted by atomic mass is 19.4. The van der Waals surface area contributed by atoms with E-state index >= 15 is 0 Å². The summed E-state index contributed by atoms with van der Waals surface area (Å²) >= 11 is 0. The lowest BCUT2D eigenvalue weighted by Crippen LogP contribution is -2.22. The van der Waals surface area contributed by atoms with Crippen LogP contribution in [0.5, 0.6) is 0 Å². The summed E-state index contributed by atoms with van der Waals surface area (Å²) in [5.41, 5.74) is -0.153. The Kier molecular flexibility index (Phi) is 5.22. The van der Waals surface area contributed by atoms with Gasteiger partial charge in [-0.3, -0.25) is 4.79 Å². The summed E-state index contributed by atoms with van der Waals surface area (Å²) in [4.78, 5) is 11.6. The molecule has 1 aromatic rings. The maximum atomic E-state index is 12.4. The molecule has 1 aromatic carbocycles. The molecule has 0 spiro atoms. The molecule has 0 aliphatic carbocycles. The van der Waals surface area contributed by atoms with Gasteiger partial charge >= 0.3 is 12.1 Å². The summed E-state index contributed by atoms with van der Waals surface area (Å²) in [7, 11) is 0. The number of halogens is 3. The van der Waals surface area contributed by atoms with Crippen molar-refractivity contribution in [3.63, 3.8) is 0 Å².